The molecule has 13 heavy (non-hydrogen) atoms. The van der Waals surface area contributed by atoms with Crippen molar-refractivity contribution in [3.63, 3.8) is 0 Å². The van der Waals surface area contributed by atoms with Gasteiger partial charge in [-0.05, 0) is 0 Å². The van der Waals surface area contributed by atoms with Gasteiger partial charge in [0.15, 0.2) is 0 Å². The standard InChI is InChI=1S/C10H18OSi2/c1-12(9-11)13(2,3)10-7-5-4-6-8-10/h4-8,11-12H,9H2,1-3H3. The molecule has 0 heterocycles. The molecule has 0 saturated carbocycles. The lowest BCUT2D eigenvalue weighted by Gasteiger charge is -2.27. The Kier molecular flexibility index (Phi) is 3.47. The van der Waals surface area contributed by atoms with Crippen LogP contribution in [0.3, 0.4) is 0 Å². The highest BCUT2D eigenvalue weighted by Crippen LogP contribution is 2.07. The molecule has 1 rings (SSSR count). The van der Waals surface area contributed by atoms with E-state index in [-0.39, 0.29) is 0 Å². The maximum Gasteiger partial charge on any atom is 0.0731 e. The van der Waals surface area contributed by atoms with Crippen LogP contribution in [0.2, 0.25) is 19.6 Å². The summed E-state index contributed by atoms with van der Waals surface area (Å²) in [5.41, 5.74) is 0. The number of rotatable bonds is 3. The average Bonchev–Trinajstić information content (AvgIpc) is 2.18. The predicted molar refractivity (Wildman–Crippen MR) is 63.7 cm³/mol. The van der Waals surface area contributed by atoms with Crippen LogP contribution in [-0.2, 0) is 0 Å². The van der Waals surface area contributed by atoms with Gasteiger partial charge in [0.25, 0.3) is 0 Å². The van der Waals surface area contributed by atoms with Gasteiger partial charge in [-0.2, -0.15) is 0 Å². The predicted octanol–water partition coefficient (Wildman–Crippen LogP) is 1.07. The van der Waals surface area contributed by atoms with E-state index < -0.39 is 15.9 Å². The molecule has 0 aliphatic carbocycles. The zero-order valence-electron chi connectivity index (χ0n) is 8.62. The molecule has 1 unspecified atom stereocenters. The first-order valence-electron chi connectivity index (χ1n) is 4.75. The van der Waals surface area contributed by atoms with Crippen molar-refractivity contribution in [2.75, 3.05) is 6.23 Å². The molecule has 0 bridgehead atoms. The highest BCUT2D eigenvalue weighted by atomic mass is 29.2. The summed E-state index contributed by atoms with van der Waals surface area (Å²) in [6, 6.07) is 10.7. The Balaban J connectivity index is 2.93. The van der Waals surface area contributed by atoms with Crippen molar-refractivity contribution < 1.29 is 5.11 Å². The minimum Gasteiger partial charge on any atom is -0.400 e. The first kappa shape index (κ1) is 10.7. The first-order chi connectivity index (χ1) is 6.09. The van der Waals surface area contributed by atoms with Crippen molar-refractivity contribution in [2.45, 2.75) is 19.6 Å². The average molecular weight is 210 g/mol. The van der Waals surface area contributed by atoms with Gasteiger partial charge in [-0.15, -0.1) is 0 Å². The molecule has 3 heteroatoms. The van der Waals surface area contributed by atoms with Gasteiger partial charge in [0.2, 0.25) is 0 Å². The first-order valence-corrected chi connectivity index (χ1v) is 11.5. The molecule has 1 N–H and O–H groups in total. The van der Waals surface area contributed by atoms with Crippen LogP contribution >= 0.6 is 0 Å². The van der Waals surface area contributed by atoms with Gasteiger partial charge < -0.3 is 5.11 Å². The summed E-state index contributed by atoms with van der Waals surface area (Å²) in [6.07, 6.45) is 0.439. The molecule has 1 aromatic carbocycles. The van der Waals surface area contributed by atoms with Gasteiger partial charge in [-0.25, -0.2) is 0 Å². The fraction of sp³-hybridized carbons (Fsp3) is 0.400. The summed E-state index contributed by atoms with van der Waals surface area (Å²) in [5, 5.41) is 10.7. The van der Waals surface area contributed by atoms with E-state index >= 15 is 0 Å². The van der Waals surface area contributed by atoms with Crippen molar-refractivity contribution in [3.05, 3.63) is 30.3 Å². The molecule has 0 fully saturated rings. The van der Waals surface area contributed by atoms with Gasteiger partial charge in [-0.3, -0.25) is 0 Å². The van der Waals surface area contributed by atoms with Crippen LogP contribution < -0.4 is 5.19 Å². The zero-order chi connectivity index (χ0) is 9.90. The minimum absolute atomic E-state index is 0.439. The second-order valence-electron chi connectivity index (χ2n) is 4.17. The number of aliphatic hydroxyl groups excluding tert-OH is 1. The molecule has 0 saturated heterocycles. The number of hydrogen-bond acceptors (Lipinski definition) is 1. The van der Waals surface area contributed by atoms with Crippen LogP contribution in [0.4, 0.5) is 0 Å². The number of hydrogen-bond donors (Lipinski definition) is 1. The fourth-order valence-corrected chi connectivity index (χ4v) is 7.11. The summed E-state index contributed by atoms with van der Waals surface area (Å²) in [7, 11) is -2.22. The summed E-state index contributed by atoms with van der Waals surface area (Å²) >= 11 is 0. The third kappa shape index (κ3) is 2.30. The third-order valence-electron chi connectivity index (χ3n) is 3.02. The van der Waals surface area contributed by atoms with Crippen molar-refractivity contribution >= 4 is 21.1 Å². The van der Waals surface area contributed by atoms with Crippen LogP contribution in [0, 0.1) is 0 Å². The van der Waals surface area contributed by atoms with E-state index in [0.29, 0.717) is 6.23 Å². The van der Waals surface area contributed by atoms with E-state index in [1.54, 1.807) is 0 Å². The van der Waals surface area contributed by atoms with Gasteiger partial charge in [-0.1, -0.05) is 55.2 Å². The minimum atomic E-state index is -1.29. The van der Waals surface area contributed by atoms with Crippen LogP contribution in [0.1, 0.15) is 0 Å². The molecule has 0 radical (unpaired) electrons. The van der Waals surface area contributed by atoms with Gasteiger partial charge >= 0.3 is 0 Å². The number of benzene rings is 1. The van der Waals surface area contributed by atoms with E-state index in [1.807, 2.05) is 0 Å². The van der Waals surface area contributed by atoms with Gasteiger partial charge in [0, 0.05) is 6.23 Å². The lowest BCUT2D eigenvalue weighted by Crippen LogP contribution is -2.56. The highest BCUT2D eigenvalue weighted by molar-refractivity contribution is 7.37. The molecular weight excluding hydrogens is 192 g/mol. The third-order valence-corrected chi connectivity index (χ3v) is 16.8. The molecule has 0 aromatic heterocycles. The Hall–Kier alpha value is -0.386. The Labute approximate surface area is 82.8 Å². The highest BCUT2D eigenvalue weighted by Gasteiger charge is 2.30. The van der Waals surface area contributed by atoms with Crippen LogP contribution in [0.5, 0.6) is 0 Å². The summed E-state index contributed by atoms with van der Waals surface area (Å²) in [4.78, 5) is 0. The van der Waals surface area contributed by atoms with Crippen LogP contribution in [-0.4, -0.2) is 27.2 Å². The Morgan fingerprint density at radius 3 is 2.23 bits per heavy atom. The van der Waals surface area contributed by atoms with E-state index in [2.05, 4.69) is 50.0 Å². The van der Waals surface area contributed by atoms with Gasteiger partial charge in [0.1, 0.15) is 0 Å². The largest absolute Gasteiger partial charge is 0.400 e. The van der Waals surface area contributed by atoms with Crippen molar-refractivity contribution in [1.29, 1.82) is 0 Å². The van der Waals surface area contributed by atoms with Crippen molar-refractivity contribution in [2.24, 2.45) is 0 Å². The molecule has 0 aliphatic heterocycles. The van der Waals surface area contributed by atoms with E-state index in [1.165, 1.54) is 5.19 Å². The van der Waals surface area contributed by atoms with E-state index in [0.717, 1.165) is 0 Å². The molecule has 1 atom stereocenters. The quantitative estimate of drug-likeness (QED) is 0.740. The Morgan fingerprint density at radius 1 is 1.23 bits per heavy atom. The zero-order valence-corrected chi connectivity index (χ0v) is 10.8. The lowest BCUT2D eigenvalue weighted by molar-refractivity contribution is 0.365. The monoisotopic (exact) mass is 210 g/mol. The van der Waals surface area contributed by atoms with Crippen LogP contribution in [0.15, 0.2) is 30.3 Å². The molecular formula is C10H18OSi2. The van der Waals surface area contributed by atoms with Gasteiger partial charge in [0.05, 0.1) is 15.9 Å². The second-order valence-corrected chi connectivity index (χ2v) is 17.6. The smallest absolute Gasteiger partial charge is 0.0731 e. The molecule has 1 nitrogen and oxygen atoms in total. The van der Waals surface area contributed by atoms with Crippen molar-refractivity contribution in [1.82, 2.24) is 0 Å². The topological polar surface area (TPSA) is 20.2 Å². The SMILES string of the molecule is C[SiH](CO)[Si](C)(C)c1ccccc1. The fourth-order valence-electron chi connectivity index (χ4n) is 1.38. The van der Waals surface area contributed by atoms with Crippen LogP contribution in [0.25, 0.3) is 0 Å². The summed E-state index contributed by atoms with van der Waals surface area (Å²) in [5.74, 6) is 0. The molecule has 0 amide bonds. The Morgan fingerprint density at radius 2 is 1.77 bits per heavy atom. The maximum absolute atomic E-state index is 9.23. The number of aliphatic hydroxyl groups is 1. The molecule has 0 spiro atoms. The van der Waals surface area contributed by atoms with E-state index in [9.17, 15) is 5.11 Å². The summed E-state index contributed by atoms with van der Waals surface area (Å²) < 4.78 is 0. The van der Waals surface area contributed by atoms with E-state index in [4.69, 9.17) is 0 Å². The normalized spacial score (nSPS) is 14.2. The molecule has 72 valence electrons. The Bertz CT molecular complexity index is 259. The molecule has 0 aliphatic rings. The van der Waals surface area contributed by atoms with Crippen molar-refractivity contribution in [3.8, 4) is 0 Å². The molecule has 1 aromatic rings. The summed E-state index contributed by atoms with van der Waals surface area (Å²) in [6.45, 7) is 7.02. The maximum atomic E-state index is 9.23. The second kappa shape index (κ2) is 4.22. The lowest BCUT2D eigenvalue weighted by atomic mass is 10.4.